The largest absolute Gasteiger partial charge is 0.338 e. The molecule has 2 nitrogen and oxygen atoms in total. The van der Waals surface area contributed by atoms with Crippen LogP contribution in [-0.4, -0.2) is 10.4 Å². The quantitative estimate of drug-likeness (QED) is 0.573. The Morgan fingerprint density at radius 3 is 2.64 bits per heavy atom. The molecule has 1 aromatic carbocycles. The van der Waals surface area contributed by atoms with E-state index in [0.717, 1.165) is 17.3 Å². The maximum Gasteiger partial charge on any atom is 0.179 e. The van der Waals surface area contributed by atoms with Crippen molar-refractivity contribution < 1.29 is 13.6 Å². The van der Waals surface area contributed by atoms with E-state index >= 15 is 0 Å². The van der Waals surface area contributed by atoms with Crippen LogP contribution in [0.15, 0.2) is 36.9 Å². The van der Waals surface area contributed by atoms with Gasteiger partial charge in [-0.1, -0.05) is 12.1 Å². The Bertz CT molecular complexity index is 716. The van der Waals surface area contributed by atoms with Crippen LogP contribution in [0.4, 0.5) is 8.78 Å². The number of halogens is 2. The first kappa shape index (κ1) is 16.1. The predicted octanol–water partition coefficient (Wildman–Crippen LogP) is 4.38. The van der Waals surface area contributed by atoms with Crippen LogP contribution in [-0.2, 0) is 13.0 Å². The fourth-order valence-electron chi connectivity index (χ4n) is 2.48. The molecule has 1 heterocycles. The van der Waals surface area contributed by atoms with Crippen molar-refractivity contribution in [2.75, 3.05) is 0 Å². The summed E-state index contributed by atoms with van der Waals surface area (Å²) in [6.07, 6.45) is 2.17. The Labute approximate surface area is 129 Å². The lowest BCUT2D eigenvalue weighted by molar-refractivity contribution is 0.0974. The smallest absolute Gasteiger partial charge is 0.179 e. The second-order valence-electron chi connectivity index (χ2n) is 5.36. The minimum Gasteiger partial charge on any atom is -0.338 e. The Morgan fingerprint density at radius 1 is 1.27 bits per heavy atom. The zero-order valence-electron chi connectivity index (χ0n) is 12.8. The molecule has 0 saturated carbocycles. The minimum absolute atomic E-state index is 0.0539. The van der Waals surface area contributed by atoms with Crippen molar-refractivity contribution in [3.8, 4) is 0 Å². The van der Waals surface area contributed by atoms with E-state index in [1.165, 1.54) is 12.1 Å². The maximum atomic E-state index is 13.6. The van der Waals surface area contributed by atoms with E-state index in [4.69, 9.17) is 0 Å². The number of rotatable bonds is 6. The van der Waals surface area contributed by atoms with Crippen molar-refractivity contribution in [1.82, 2.24) is 4.57 Å². The summed E-state index contributed by atoms with van der Waals surface area (Å²) in [6.45, 7) is 8.17. The number of benzene rings is 1. The van der Waals surface area contributed by atoms with Gasteiger partial charge in [0.1, 0.15) is 11.6 Å². The number of aromatic nitrogens is 1. The molecule has 0 aliphatic heterocycles. The van der Waals surface area contributed by atoms with Crippen LogP contribution in [0, 0.1) is 25.5 Å². The fourth-order valence-corrected chi connectivity index (χ4v) is 2.48. The lowest BCUT2D eigenvalue weighted by Gasteiger charge is -2.09. The van der Waals surface area contributed by atoms with Gasteiger partial charge in [0.15, 0.2) is 5.78 Å². The van der Waals surface area contributed by atoms with Gasteiger partial charge in [-0.05, 0) is 43.5 Å². The van der Waals surface area contributed by atoms with Gasteiger partial charge in [0, 0.05) is 24.7 Å². The molecule has 4 heteroatoms. The molecule has 0 amide bonds. The molecule has 0 N–H and O–H groups in total. The summed E-state index contributed by atoms with van der Waals surface area (Å²) < 4.78 is 28.4. The molecule has 2 aromatic rings. The number of aryl methyl sites for hydroxylation is 2. The molecular formula is C18H19F2NO. The summed E-state index contributed by atoms with van der Waals surface area (Å²) in [5.41, 5.74) is 3.02. The molecule has 0 fully saturated rings. The first-order valence-electron chi connectivity index (χ1n) is 7.18. The van der Waals surface area contributed by atoms with E-state index < -0.39 is 11.6 Å². The van der Waals surface area contributed by atoms with E-state index in [-0.39, 0.29) is 18.6 Å². The molecule has 1 aromatic heterocycles. The summed E-state index contributed by atoms with van der Waals surface area (Å²) in [7, 11) is 0. The van der Waals surface area contributed by atoms with Crippen LogP contribution in [0.25, 0.3) is 0 Å². The van der Waals surface area contributed by atoms with E-state index in [2.05, 4.69) is 6.58 Å². The number of carbonyl (C=O) groups is 1. The first-order chi connectivity index (χ1) is 10.4. The van der Waals surface area contributed by atoms with Gasteiger partial charge in [0.05, 0.1) is 5.69 Å². The van der Waals surface area contributed by atoms with Gasteiger partial charge in [-0.25, -0.2) is 8.78 Å². The molecule has 116 valence electrons. The highest BCUT2D eigenvalue weighted by atomic mass is 19.1. The lowest BCUT2D eigenvalue weighted by atomic mass is 10.1. The molecule has 0 bridgehead atoms. The van der Waals surface area contributed by atoms with Crippen LogP contribution >= 0.6 is 0 Å². The highest BCUT2D eigenvalue weighted by Crippen LogP contribution is 2.18. The molecule has 0 unspecified atom stereocenters. The fraction of sp³-hybridized carbons (Fsp3) is 0.278. The summed E-state index contributed by atoms with van der Waals surface area (Å²) in [4.78, 5) is 12.4. The van der Waals surface area contributed by atoms with Crippen LogP contribution in [0.2, 0.25) is 0 Å². The molecule has 0 aliphatic rings. The van der Waals surface area contributed by atoms with Crippen molar-refractivity contribution >= 4 is 5.78 Å². The normalized spacial score (nSPS) is 10.7. The summed E-state index contributed by atoms with van der Waals surface area (Å²) >= 11 is 0. The van der Waals surface area contributed by atoms with Gasteiger partial charge in [-0.2, -0.15) is 0 Å². The molecule has 2 rings (SSSR count). The van der Waals surface area contributed by atoms with Gasteiger partial charge in [-0.3, -0.25) is 4.79 Å². The van der Waals surface area contributed by atoms with Crippen molar-refractivity contribution in [2.24, 2.45) is 0 Å². The Morgan fingerprint density at radius 2 is 2.00 bits per heavy atom. The monoisotopic (exact) mass is 303 g/mol. The summed E-state index contributed by atoms with van der Waals surface area (Å²) in [5.74, 6) is -1.28. The Kier molecular flexibility index (Phi) is 4.91. The second kappa shape index (κ2) is 6.69. The maximum absolute atomic E-state index is 13.6. The lowest BCUT2D eigenvalue weighted by Crippen LogP contribution is -2.11. The summed E-state index contributed by atoms with van der Waals surface area (Å²) in [5, 5.41) is 0. The number of allylic oxidation sites excluding steroid dienone is 1. The van der Waals surface area contributed by atoms with Gasteiger partial charge in [-0.15, -0.1) is 6.58 Å². The van der Waals surface area contributed by atoms with Crippen molar-refractivity contribution in [1.29, 1.82) is 0 Å². The topological polar surface area (TPSA) is 22.0 Å². The SMILES string of the molecule is C=CCn1c(C(=O)CCc2ccc(F)cc2F)cc(C)c1C. The van der Waals surface area contributed by atoms with Crippen LogP contribution in [0.1, 0.15) is 33.7 Å². The zero-order valence-corrected chi connectivity index (χ0v) is 12.8. The molecule has 22 heavy (non-hydrogen) atoms. The standard InChI is InChI=1S/C18H19F2NO/c1-4-9-21-13(3)12(2)10-17(21)18(22)8-6-14-5-7-15(19)11-16(14)20/h4-5,7,10-11H,1,6,8-9H2,2-3H3. The number of nitrogens with zero attached hydrogens (tertiary/aromatic N) is 1. The highest BCUT2D eigenvalue weighted by Gasteiger charge is 2.16. The average molecular weight is 303 g/mol. The Hall–Kier alpha value is -2.23. The van der Waals surface area contributed by atoms with E-state index in [9.17, 15) is 13.6 Å². The number of carbonyl (C=O) groups excluding carboxylic acids is 1. The summed E-state index contributed by atoms with van der Waals surface area (Å²) in [6, 6.07) is 5.28. The third-order valence-electron chi connectivity index (χ3n) is 3.85. The highest BCUT2D eigenvalue weighted by molar-refractivity contribution is 5.95. The van der Waals surface area contributed by atoms with Gasteiger partial charge in [0.25, 0.3) is 0 Å². The van der Waals surface area contributed by atoms with E-state index in [1.807, 2.05) is 24.5 Å². The van der Waals surface area contributed by atoms with Gasteiger partial charge in [0.2, 0.25) is 0 Å². The Balaban J connectivity index is 2.16. The molecule has 0 saturated heterocycles. The zero-order chi connectivity index (χ0) is 16.3. The molecular weight excluding hydrogens is 284 g/mol. The third-order valence-corrected chi connectivity index (χ3v) is 3.85. The second-order valence-corrected chi connectivity index (χ2v) is 5.36. The van der Waals surface area contributed by atoms with E-state index in [1.54, 1.807) is 6.08 Å². The van der Waals surface area contributed by atoms with Crippen molar-refractivity contribution in [2.45, 2.75) is 33.2 Å². The molecule has 0 spiro atoms. The van der Waals surface area contributed by atoms with Gasteiger partial charge < -0.3 is 4.57 Å². The van der Waals surface area contributed by atoms with Crippen LogP contribution in [0.3, 0.4) is 0 Å². The first-order valence-corrected chi connectivity index (χ1v) is 7.18. The van der Waals surface area contributed by atoms with Crippen LogP contribution < -0.4 is 0 Å². The number of ketones is 1. The molecule has 0 aliphatic carbocycles. The minimum atomic E-state index is -0.612. The van der Waals surface area contributed by atoms with Crippen LogP contribution in [0.5, 0.6) is 0 Å². The number of hydrogen-bond donors (Lipinski definition) is 0. The van der Waals surface area contributed by atoms with Gasteiger partial charge >= 0.3 is 0 Å². The molecule has 0 atom stereocenters. The number of Topliss-reactive ketones (excluding diaryl/α,β-unsaturated/α-hetero) is 1. The average Bonchev–Trinajstić information content (AvgIpc) is 2.75. The number of hydrogen-bond acceptors (Lipinski definition) is 1. The van der Waals surface area contributed by atoms with Crippen molar-refractivity contribution in [3.63, 3.8) is 0 Å². The third kappa shape index (κ3) is 3.32. The predicted molar refractivity (Wildman–Crippen MR) is 83.1 cm³/mol. The molecule has 0 radical (unpaired) electrons. The van der Waals surface area contributed by atoms with Crippen molar-refractivity contribution in [3.05, 3.63) is 71.1 Å². The van der Waals surface area contributed by atoms with E-state index in [0.29, 0.717) is 17.8 Å².